The Bertz CT molecular complexity index is 586. The quantitative estimate of drug-likeness (QED) is 0.716. The second-order valence-corrected chi connectivity index (χ2v) is 7.28. The predicted octanol–water partition coefficient (Wildman–Crippen LogP) is 1.46. The number of aliphatic hydroxyl groups is 1. The molecule has 2 saturated heterocycles. The van der Waals surface area contributed by atoms with E-state index >= 15 is 0 Å². The summed E-state index contributed by atoms with van der Waals surface area (Å²) < 4.78 is 11.0. The Hall–Kier alpha value is -0.860. The van der Waals surface area contributed by atoms with Gasteiger partial charge >= 0.3 is 0 Å². The van der Waals surface area contributed by atoms with Gasteiger partial charge in [0.15, 0.2) is 5.15 Å². The maximum Gasteiger partial charge on any atom is 0.220 e. The van der Waals surface area contributed by atoms with Crippen LogP contribution in [0.1, 0.15) is 38.4 Å². The van der Waals surface area contributed by atoms with Gasteiger partial charge in [0.05, 0.1) is 11.1 Å². The van der Waals surface area contributed by atoms with Crippen molar-refractivity contribution in [2.75, 3.05) is 19.7 Å². The lowest BCUT2D eigenvalue weighted by Crippen LogP contribution is -2.69. The number of aromatic nitrogens is 1. The molecular formula is C16H25Cl2N3O4. The van der Waals surface area contributed by atoms with Crippen molar-refractivity contribution in [2.24, 2.45) is 0 Å². The van der Waals surface area contributed by atoms with Crippen LogP contribution in [-0.4, -0.2) is 53.1 Å². The minimum absolute atomic E-state index is 0. The Morgan fingerprint density at radius 2 is 2.20 bits per heavy atom. The van der Waals surface area contributed by atoms with Crippen molar-refractivity contribution in [3.63, 3.8) is 0 Å². The lowest BCUT2D eigenvalue weighted by atomic mass is 9.73. The first-order valence-corrected chi connectivity index (χ1v) is 8.76. The van der Waals surface area contributed by atoms with E-state index in [0.717, 1.165) is 25.9 Å². The molecule has 142 valence electrons. The number of hydrogen-bond donors (Lipinski definition) is 3. The number of amides is 1. The maximum absolute atomic E-state index is 12.3. The highest BCUT2D eigenvalue weighted by molar-refractivity contribution is 6.29. The molecule has 2 atom stereocenters. The normalized spacial score (nSPS) is 28.4. The second-order valence-electron chi connectivity index (χ2n) is 6.90. The fourth-order valence-corrected chi connectivity index (χ4v) is 3.84. The average Bonchev–Trinajstić information content (AvgIpc) is 2.97. The Morgan fingerprint density at radius 3 is 2.84 bits per heavy atom. The zero-order valence-electron chi connectivity index (χ0n) is 14.2. The molecule has 2 fully saturated rings. The fraction of sp³-hybridized carbons (Fsp3) is 0.750. The predicted molar refractivity (Wildman–Crippen MR) is 95.0 cm³/mol. The van der Waals surface area contributed by atoms with Gasteiger partial charge in [-0.2, -0.15) is 0 Å². The number of piperidine rings is 1. The molecule has 3 N–H and O–H groups in total. The van der Waals surface area contributed by atoms with Crippen LogP contribution < -0.4 is 10.6 Å². The van der Waals surface area contributed by atoms with Crippen molar-refractivity contribution in [3.8, 4) is 0 Å². The third kappa shape index (κ3) is 4.46. The van der Waals surface area contributed by atoms with Crippen LogP contribution in [0.2, 0.25) is 5.15 Å². The van der Waals surface area contributed by atoms with E-state index in [1.807, 2.05) is 6.92 Å². The number of aryl methyl sites for hydroxylation is 1. The zero-order valence-corrected chi connectivity index (χ0v) is 15.8. The van der Waals surface area contributed by atoms with E-state index in [1.54, 1.807) is 6.07 Å². The molecule has 2 aliphatic rings. The molecule has 3 heterocycles. The first kappa shape index (κ1) is 20.5. The van der Waals surface area contributed by atoms with E-state index in [-0.39, 0.29) is 29.9 Å². The fourth-order valence-electron chi connectivity index (χ4n) is 3.68. The van der Waals surface area contributed by atoms with E-state index in [2.05, 4.69) is 15.8 Å². The summed E-state index contributed by atoms with van der Waals surface area (Å²) in [5, 5.41) is 21.1. The number of halogens is 2. The molecule has 1 aromatic rings. The Balaban J connectivity index is 0.00000225. The molecule has 2 aliphatic heterocycles. The molecule has 0 saturated carbocycles. The van der Waals surface area contributed by atoms with Gasteiger partial charge in [-0.05, 0) is 39.3 Å². The molecule has 0 radical (unpaired) electrons. The van der Waals surface area contributed by atoms with Gasteiger partial charge in [-0.25, -0.2) is 0 Å². The highest BCUT2D eigenvalue weighted by Crippen LogP contribution is 2.38. The first-order chi connectivity index (χ1) is 11.4. The molecule has 0 aromatic carbocycles. The number of carbonyl (C=O) groups excluding carboxylic acids is 1. The van der Waals surface area contributed by atoms with Crippen molar-refractivity contribution in [1.82, 2.24) is 15.8 Å². The van der Waals surface area contributed by atoms with Crippen molar-refractivity contribution < 1.29 is 19.2 Å². The lowest BCUT2D eigenvalue weighted by molar-refractivity contribution is -0.200. The SMILES string of the molecule is C[C@@]1(NC(=O)CCc2cc(Cl)no2)CCOC2(CCNCC2)[C@H]1O.Cl. The highest BCUT2D eigenvalue weighted by atomic mass is 35.5. The number of nitrogens with one attached hydrogen (secondary N) is 2. The average molecular weight is 394 g/mol. The first-order valence-electron chi connectivity index (χ1n) is 8.38. The molecule has 3 rings (SSSR count). The molecular weight excluding hydrogens is 369 g/mol. The van der Waals surface area contributed by atoms with Crippen LogP contribution in [0.5, 0.6) is 0 Å². The van der Waals surface area contributed by atoms with Gasteiger partial charge in [-0.3, -0.25) is 4.79 Å². The molecule has 25 heavy (non-hydrogen) atoms. The van der Waals surface area contributed by atoms with Crippen molar-refractivity contribution in [1.29, 1.82) is 0 Å². The van der Waals surface area contributed by atoms with E-state index in [0.29, 0.717) is 25.2 Å². The zero-order chi connectivity index (χ0) is 17.2. The molecule has 1 amide bonds. The summed E-state index contributed by atoms with van der Waals surface area (Å²) in [5.41, 5.74) is -1.25. The summed E-state index contributed by atoms with van der Waals surface area (Å²) in [4.78, 5) is 12.3. The summed E-state index contributed by atoms with van der Waals surface area (Å²) >= 11 is 5.70. The third-order valence-electron chi connectivity index (χ3n) is 5.12. The van der Waals surface area contributed by atoms with E-state index < -0.39 is 17.2 Å². The number of aliphatic hydroxyl groups excluding tert-OH is 1. The van der Waals surface area contributed by atoms with Gasteiger partial charge in [0, 0.05) is 25.5 Å². The highest BCUT2D eigenvalue weighted by Gasteiger charge is 2.52. The summed E-state index contributed by atoms with van der Waals surface area (Å²) in [7, 11) is 0. The van der Waals surface area contributed by atoms with Crippen LogP contribution in [0.4, 0.5) is 0 Å². The van der Waals surface area contributed by atoms with Crippen molar-refractivity contribution in [3.05, 3.63) is 17.0 Å². The summed E-state index contributed by atoms with van der Waals surface area (Å²) in [6, 6.07) is 1.60. The minimum Gasteiger partial charge on any atom is -0.388 e. The molecule has 1 spiro atoms. The number of rotatable bonds is 4. The number of hydrogen-bond acceptors (Lipinski definition) is 6. The smallest absolute Gasteiger partial charge is 0.220 e. The van der Waals surface area contributed by atoms with Gasteiger partial charge in [0.1, 0.15) is 11.9 Å². The summed E-state index contributed by atoms with van der Waals surface area (Å²) in [5.74, 6) is 0.442. The molecule has 1 aromatic heterocycles. The molecule has 0 unspecified atom stereocenters. The monoisotopic (exact) mass is 393 g/mol. The Morgan fingerprint density at radius 1 is 1.48 bits per heavy atom. The van der Waals surface area contributed by atoms with Gasteiger partial charge in [0.2, 0.25) is 5.91 Å². The van der Waals surface area contributed by atoms with Crippen LogP contribution in [0.15, 0.2) is 10.6 Å². The Kier molecular flexibility index (Phi) is 6.73. The molecule has 0 aliphatic carbocycles. The molecule has 7 nitrogen and oxygen atoms in total. The summed E-state index contributed by atoms with van der Waals surface area (Å²) in [6.07, 6.45) is 2.02. The van der Waals surface area contributed by atoms with Gasteiger partial charge < -0.3 is 25.0 Å². The minimum atomic E-state index is -0.732. The van der Waals surface area contributed by atoms with Gasteiger partial charge in [0.25, 0.3) is 0 Å². The molecule has 0 bridgehead atoms. The number of nitrogens with zero attached hydrogens (tertiary/aromatic N) is 1. The van der Waals surface area contributed by atoms with Gasteiger partial charge in [-0.15, -0.1) is 12.4 Å². The van der Waals surface area contributed by atoms with E-state index in [1.165, 1.54) is 0 Å². The Labute approximate surface area is 158 Å². The van der Waals surface area contributed by atoms with Gasteiger partial charge in [-0.1, -0.05) is 16.8 Å². The van der Waals surface area contributed by atoms with Crippen molar-refractivity contribution in [2.45, 2.75) is 56.3 Å². The maximum atomic E-state index is 12.3. The van der Waals surface area contributed by atoms with Crippen LogP contribution >= 0.6 is 24.0 Å². The topological polar surface area (TPSA) is 96.6 Å². The van der Waals surface area contributed by atoms with Crippen LogP contribution in [-0.2, 0) is 16.0 Å². The third-order valence-corrected chi connectivity index (χ3v) is 5.29. The van der Waals surface area contributed by atoms with Crippen LogP contribution in [0, 0.1) is 0 Å². The summed E-state index contributed by atoms with van der Waals surface area (Å²) in [6.45, 7) is 4.05. The number of ether oxygens (including phenoxy) is 1. The lowest BCUT2D eigenvalue weighted by Gasteiger charge is -2.52. The number of carbonyl (C=O) groups is 1. The van der Waals surface area contributed by atoms with E-state index in [4.69, 9.17) is 20.9 Å². The molecule has 9 heteroatoms. The van der Waals surface area contributed by atoms with E-state index in [9.17, 15) is 9.90 Å². The largest absolute Gasteiger partial charge is 0.388 e. The van der Waals surface area contributed by atoms with Crippen molar-refractivity contribution >= 4 is 29.9 Å². The second kappa shape index (κ2) is 8.22. The van der Waals surface area contributed by atoms with Crippen LogP contribution in [0.3, 0.4) is 0 Å². The standard InChI is InChI=1S/C16H24ClN3O4.ClH/c1-15(19-13(21)3-2-11-10-12(17)20-24-11)6-9-23-16(14(15)22)4-7-18-8-5-16;/h10,14,18,22H,2-9H2,1H3,(H,19,21);1H/t14-,15+;/m0./s1. The van der Waals surface area contributed by atoms with Crippen LogP contribution in [0.25, 0.3) is 0 Å².